The van der Waals surface area contributed by atoms with Gasteiger partial charge < -0.3 is 0 Å². The van der Waals surface area contributed by atoms with Crippen LogP contribution in [0.4, 0.5) is 9.52 Å². The number of rotatable bonds is 4. The average molecular weight is 446 g/mol. The number of carbonyl (C=O) groups excluding carboxylic acids is 2. The van der Waals surface area contributed by atoms with Gasteiger partial charge in [-0.1, -0.05) is 69.0 Å². The second-order valence-corrected chi connectivity index (χ2v) is 11.6. The zero-order valence-corrected chi connectivity index (χ0v) is 19.1. The van der Waals surface area contributed by atoms with E-state index in [0.717, 1.165) is 4.34 Å². The molecule has 0 unspecified atom stereocenters. The standard InChI is InChI=1S/C22H24FN3O2S2/c1-12(2)29-21-25-24-20(30-21)26-16-10-22(3,4)11-17(27)19(16)14(9-18(26)28)13-7-5-6-8-15(13)23/h5-8,12,14H,9-11H2,1-4H3/t14-/m0/s1. The van der Waals surface area contributed by atoms with Crippen LogP contribution in [0.1, 0.15) is 58.4 Å². The summed E-state index contributed by atoms with van der Waals surface area (Å²) in [6, 6.07) is 6.41. The van der Waals surface area contributed by atoms with Crippen molar-refractivity contribution in [1.82, 2.24) is 10.2 Å². The van der Waals surface area contributed by atoms with Crippen molar-refractivity contribution in [3.05, 3.63) is 46.9 Å². The molecule has 1 aliphatic heterocycles. The molecule has 30 heavy (non-hydrogen) atoms. The molecule has 2 aliphatic rings. The van der Waals surface area contributed by atoms with E-state index in [4.69, 9.17) is 0 Å². The van der Waals surface area contributed by atoms with Crippen LogP contribution in [0.2, 0.25) is 0 Å². The lowest BCUT2D eigenvalue weighted by molar-refractivity contribution is -0.121. The number of hydrogen-bond donors (Lipinski definition) is 0. The van der Waals surface area contributed by atoms with E-state index in [9.17, 15) is 14.0 Å². The lowest BCUT2D eigenvalue weighted by atomic mass is 9.69. The van der Waals surface area contributed by atoms with Gasteiger partial charge in [0.2, 0.25) is 11.0 Å². The van der Waals surface area contributed by atoms with Crippen LogP contribution in [0, 0.1) is 11.2 Å². The quantitative estimate of drug-likeness (QED) is 0.469. The number of amides is 1. The summed E-state index contributed by atoms with van der Waals surface area (Å²) in [7, 11) is 0. The Kier molecular flexibility index (Phi) is 5.57. The van der Waals surface area contributed by atoms with Crippen molar-refractivity contribution >= 4 is 39.9 Å². The smallest absolute Gasteiger partial charge is 0.234 e. The summed E-state index contributed by atoms with van der Waals surface area (Å²) in [5.41, 5.74) is 1.32. The molecule has 1 amide bonds. The van der Waals surface area contributed by atoms with Crippen molar-refractivity contribution < 1.29 is 14.0 Å². The first-order valence-electron chi connectivity index (χ1n) is 10.00. The summed E-state index contributed by atoms with van der Waals surface area (Å²) in [5.74, 6) is -1.15. The Morgan fingerprint density at radius 3 is 2.63 bits per heavy atom. The minimum atomic E-state index is -0.564. The van der Waals surface area contributed by atoms with Gasteiger partial charge in [0.15, 0.2) is 10.1 Å². The fraction of sp³-hybridized carbons (Fsp3) is 0.455. The first-order chi connectivity index (χ1) is 14.2. The zero-order chi connectivity index (χ0) is 21.6. The highest BCUT2D eigenvalue weighted by Gasteiger charge is 2.45. The number of carbonyl (C=O) groups is 2. The third-order valence-corrected chi connectivity index (χ3v) is 7.34. The largest absolute Gasteiger partial charge is 0.294 e. The fourth-order valence-corrected chi connectivity index (χ4v) is 6.31. The van der Waals surface area contributed by atoms with Crippen molar-refractivity contribution in [2.75, 3.05) is 4.90 Å². The highest BCUT2D eigenvalue weighted by atomic mass is 32.2. The molecule has 2 heterocycles. The Hall–Kier alpha value is -2.06. The molecule has 0 radical (unpaired) electrons. The Balaban J connectivity index is 1.84. The second-order valence-electron chi connectivity index (χ2n) is 8.83. The van der Waals surface area contributed by atoms with E-state index in [1.807, 2.05) is 13.8 Å². The molecule has 0 N–H and O–H groups in total. The summed E-state index contributed by atoms with van der Waals surface area (Å²) < 4.78 is 15.4. The fourth-order valence-electron chi connectivity index (χ4n) is 4.20. The molecule has 0 fully saturated rings. The number of halogens is 1. The predicted octanol–water partition coefficient (Wildman–Crippen LogP) is 5.34. The van der Waals surface area contributed by atoms with Crippen LogP contribution >= 0.6 is 23.1 Å². The lowest BCUT2D eigenvalue weighted by Gasteiger charge is -2.41. The van der Waals surface area contributed by atoms with Gasteiger partial charge in [0.1, 0.15) is 5.82 Å². The molecule has 1 aliphatic carbocycles. The van der Waals surface area contributed by atoms with Crippen LogP contribution in [-0.2, 0) is 9.59 Å². The third-order valence-electron chi connectivity index (χ3n) is 5.35. The molecule has 1 atom stereocenters. The van der Waals surface area contributed by atoms with E-state index in [2.05, 4.69) is 24.0 Å². The van der Waals surface area contributed by atoms with E-state index in [1.54, 1.807) is 34.9 Å². The van der Waals surface area contributed by atoms with Gasteiger partial charge in [0, 0.05) is 35.3 Å². The van der Waals surface area contributed by atoms with Crippen molar-refractivity contribution in [2.45, 2.75) is 62.5 Å². The highest BCUT2D eigenvalue weighted by molar-refractivity contribution is 8.01. The van der Waals surface area contributed by atoms with Gasteiger partial charge in [-0.25, -0.2) is 4.39 Å². The minimum Gasteiger partial charge on any atom is -0.294 e. The van der Waals surface area contributed by atoms with Crippen LogP contribution in [0.15, 0.2) is 39.9 Å². The molecular weight excluding hydrogens is 421 g/mol. The average Bonchev–Trinajstić information content (AvgIpc) is 3.07. The first-order valence-corrected chi connectivity index (χ1v) is 11.7. The number of benzene rings is 1. The molecule has 0 spiro atoms. The van der Waals surface area contributed by atoms with E-state index >= 15 is 0 Å². The van der Waals surface area contributed by atoms with E-state index in [0.29, 0.717) is 40.1 Å². The molecular formula is C22H24FN3O2S2. The zero-order valence-electron chi connectivity index (χ0n) is 17.4. The molecule has 1 aromatic carbocycles. The number of anilines is 1. The Morgan fingerprint density at radius 1 is 1.20 bits per heavy atom. The summed E-state index contributed by atoms with van der Waals surface area (Å²) in [4.78, 5) is 28.1. The third kappa shape index (κ3) is 3.95. The Morgan fingerprint density at radius 2 is 1.93 bits per heavy atom. The molecule has 0 bridgehead atoms. The Labute approximate surface area is 183 Å². The van der Waals surface area contributed by atoms with E-state index < -0.39 is 5.92 Å². The predicted molar refractivity (Wildman–Crippen MR) is 117 cm³/mol. The number of hydrogen-bond acceptors (Lipinski definition) is 6. The monoisotopic (exact) mass is 445 g/mol. The first kappa shape index (κ1) is 21.2. The molecule has 1 aromatic heterocycles. The topological polar surface area (TPSA) is 63.2 Å². The van der Waals surface area contributed by atoms with Crippen LogP contribution in [0.5, 0.6) is 0 Å². The van der Waals surface area contributed by atoms with Crippen LogP contribution in [-0.4, -0.2) is 27.1 Å². The number of allylic oxidation sites excluding steroid dienone is 2. The van der Waals surface area contributed by atoms with Crippen molar-refractivity contribution in [2.24, 2.45) is 5.41 Å². The van der Waals surface area contributed by atoms with Crippen molar-refractivity contribution in [3.63, 3.8) is 0 Å². The molecule has 158 valence electrons. The number of ketones is 1. The maximum absolute atomic E-state index is 14.6. The minimum absolute atomic E-state index is 0.0201. The maximum Gasteiger partial charge on any atom is 0.234 e. The van der Waals surface area contributed by atoms with Gasteiger partial charge in [0.25, 0.3) is 0 Å². The molecule has 0 saturated heterocycles. The summed E-state index contributed by atoms with van der Waals surface area (Å²) >= 11 is 2.94. The van der Waals surface area contributed by atoms with Crippen LogP contribution in [0.3, 0.4) is 0 Å². The molecule has 0 saturated carbocycles. The van der Waals surface area contributed by atoms with Gasteiger partial charge in [-0.15, -0.1) is 10.2 Å². The molecule has 8 heteroatoms. The van der Waals surface area contributed by atoms with Gasteiger partial charge in [-0.3, -0.25) is 14.5 Å². The summed E-state index contributed by atoms with van der Waals surface area (Å²) in [6.07, 6.45) is 0.971. The lowest BCUT2D eigenvalue weighted by Crippen LogP contribution is -2.43. The maximum atomic E-state index is 14.6. The van der Waals surface area contributed by atoms with Gasteiger partial charge >= 0.3 is 0 Å². The molecule has 5 nitrogen and oxygen atoms in total. The van der Waals surface area contributed by atoms with Gasteiger partial charge in [-0.05, 0) is 23.5 Å². The van der Waals surface area contributed by atoms with Crippen molar-refractivity contribution in [3.8, 4) is 0 Å². The van der Waals surface area contributed by atoms with Crippen molar-refractivity contribution in [1.29, 1.82) is 0 Å². The SMILES string of the molecule is CC(C)Sc1nnc(N2C(=O)C[C@@H](c3ccccc3F)C3=C2CC(C)(C)CC3=O)s1. The van der Waals surface area contributed by atoms with Gasteiger partial charge in [0.05, 0.1) is 0 Å². The second kappa shape index (κ2) is 7.89. The number of Topliss-reactive ketones (excluding diaryl/α,β-unsaturated/α-hetero) is 1. The summed E-state index contributed by atoms with van der Waals surface area (Å²) in [5, 5.41) is 9.30. The normalized spacial score (nSPS) is 21.4. The van der Waals surface area contributed by atoms with E-state index in [-0.39, 0.29) is 29.3 Å². The van der Waals surface area contributed by atoms with Gasteiger partial charge in [-0.2, -0.15) is 0 Å². The van der Waals surface area contributed by atoms with E-state index in [1.165, 1.54) is 17.4 Å². The molecule has 2 aromatic rings. The number of nitrogens with zero attached hydrogens (tertiary/aromatic N) is 3. The highest BCUT2D eigenvalue weighted by Crippen LogP contribution is 2.49. The summed E-state index contributed by atoms with van der Waals surface area (Å²) in [6.45, 7) is 8.17. The van der Waals surface area contributed by atoms with Crippen LogP contribution in [0.25, 0.3) is 0 Å². The number of aromatic nitrogens is 2. The Bertz CT molecular complexity index is 1040. The number of thioether (sulfide) groups is 1. The van der Waals surface area contributed by atoms with Crippen LogP contribution < -0.4 is 4.90 Å². The molecule has 4 rings (SSSR count).